The van der Waals surface area contributed by atoms with Crippen molar-refractivity contribution in [1.82, 2.24) is 0 Å². The van der Waals surface area contributed by atoms with Gasteiger partial charge in [0, 0.05) is 12.8 Å². The van der Waals surface area contributed by atoms with E-state index in [-0.39, 0.29) is 23.7 Å². The summed E-state index contributed by atoms with van der Waals surface area (Å²) in [5.74, 6) is -35.5. The molecular formula is C36H49F13O2. The molecule has 0 aromatic carbocycles. The Hall–Kier alpha value is -1.70. The van der Waals surface area contributed by atoms with E-state index in [0.29, 0.717) is 41.9 Å². The number of hydrogen-bond acceptors (Lipinski definition) is 2. The van der Waals surface area contributed by atoms with Crippen LogP contribution in [0, 0.1) is 46.3 Å². The summed E-state index contributed by atoms with van der Waals surface area (Å²) in [6, 6.07) is 0. The van der Waals surface area contributed by atoms with E-state index >= 15 is 0 Å². The highest BCUT2D eigenvalue weighted by Crippen LogP contribution is 2.68. The lowest BCUT2D eigenvalue weighted by molar-refractivity contribution is -0.440. The average molecular weight is 761 g/mol. The number of esters is 1. The van der Waals surface area contributed by atoms with Crippen molar-refractivity contribution in [1.29, 1.82) is 0 Å². The minimum absolute atomic E-state index is 0.215. The number of halogens is 13. The van der Waals surface area contributed by atoms with E-state index in [9.17, 15) is 61.9 Å². The van der Waals surface area contributed by atoms with Gasteiger partial charge in [0.15, 0.2) is 0 Å². The number of carbonyl (C=O) groups excluding carboxylic acids is 1. The summed E-state index contributed by atoms with van der Waals surface area (Å²) < 4.78 is 180. The normalized spacial score (nSPS) is 32.9. The Morgan fingerprint density at radius 2 is 1.39 bits per heavy atom. The van der Waals surface area contributed by atoms with Crippen LogP contribution >= 0.6 is 0 Å². The summed E-state index contributed by atoms with van der Waals surface area (Å²) >= 11 is 0. The first-order chi connectivity index (χ1) is 23.1. The zero-order valence-corrected chi connectivity index (χ0v) is 29.5. The summed E-state index contributed by atoms with van der Waals surface area (Å²) in [5, 5.41) is 0. The van der Waals surface area contributed by atoms with Crippen molar-refractivity contribution in [3.63, 3.8) is 0 Å². The van der Waals surface area contributed by atoms with Crippen LogP contribution in [0.25, 0.3) is 0 Å². The molecule has 3 saturated carbocycles. The average Bonchev–Trinajstić information content (AvgIpc) is 3.36. The van der Waals surface area contributed by atoms with Crippen LogP contribution in [0.2, 0.25) is 0 Å². The first-order valence-electron chi connectivity index (χ1n) is 17.9. The summed E-state index contributed by atoms with van der Waals surface area (Å²) in [7, 11) is 0. The summed E-state index contributed by atoms with van der Waals surface area (Å²) in [4.78, 5) is 12.4. The number of carbonyl (C=O) groups is 1. The molecule has 0 aliphatic heterocycles. The maximum absolute atomic E-state index is 14.2. The highest BCUT2D eigenvalue weighted by molar-refractivity contribution is 5.69. The zero-order chi connectivity index (χ0) is 38.8. The first-order valence-corrected chi connectivity index (χ1v) is 17.9. The summed E-state index contributed by atoms with van der Waals surface area (Å²) in [6.07, 6.45) is -0.497. The van der Waals surface area contributed by atoms with Gasteiger partial charge >= 0.3 is 41.8 Å². The fourth-order valence-corrected chi connectivity index (χ4v) is 10.2. The number of hydrogen-bond donors (Lipinski definition) is 0. The van der Waals surface area contributed by atoms with Gasteiger partial charge in [-0.05, 0) is 91.3 Å². The van der Waals surface area contributed by atoms with Crippen LogP contribution in [0.3, 0.4) is 0 Å². The standard InChI is InChI=1S/C36H49F13O2/c1-20(2)7-6-8-21(3)25-11-12-26-24-10-9-22-19-23(13-16-29(22,4)27(24)14-17-30(25,26)5)51-28(50)15-18-31(37,38)32(39,40)33(41,42)34(43,44)35(45,46)36(47,48)49/h9,20-21,23-27H,6-8,10-19H2,1-5H3. The molecule has 0 radical (unpaired) electrons. The minimum atomic E-state index is -7.96. The molecular weight excluding hydrogens is 711 g/mol. The van der Waals surface area contributed by atoms with Gasteiger partial charge in [-0.1, -0.05) is 65.5 Å². The molecule has 8 unspecified atom stereocenters. The van der Waals surface area contributed by atoms with Gasteiger partial charge in [0.05, 0.1) is 6.42 Å². The van der Waals surface area contributed by atoms with Gasteiger partial charge in [0.25, 0.3) is 0 Å². The van der Waals surface area contributed by atoms with Crippen molar-refractivity contribution in [3.8, 4) is 0 Å². The first kappa shape index (κ1) is 42.0. The maximum atomic E-state index is 14.2. The Morgan fingerprint density at radius 1 is 0.784 bits per heavy atom. The Kier molecular flexibility index (Phi) is 11.4. The number of alkyl halides is 13. The largest absolute Gasteiger partial charge is 0.462 e. The molecule has 51 heavy (non-hydrogen) atoms. The molecule has 296 valence electrons. The van der Waals surface area contributed by atoms with Gasteiger partial charge in [-0.15, -0.1) is 0 Å². The van der Waals surface area contributed by atoms with E-state index in [1.165, 1.54) is 25.7 Å². The number of allylic oxidation sites excluding steroid dienone is 1. The van der Waals surface area contributed by atoms with Crippen molar-refractivity contribution in [2.45, 2.75) is 160 Å². The van der Waals surface area contributed by atoms with Crippen LogP contribution in [0.15, 0.2) is 11.6 Å². The molecule has 4 aliphatic rings. The van der Waals surface area contributed by atoms with Crippen LogP contribution in [-0.4, -0.2) is 47.9 Å². The van der Waals surface area contributed by atoms with Gasteiger partial charge in [-0.25, -0.2) is 0 Å². The van der Waals surface area contributed by atoms with Crippen molar-refractivity contribution >= 4 is 5.97 Å². The van der Waals surface area contributed by atoms with Crippen LogP contribution in [0.5, 0.6) is 0 Å². The van der Waals surface area contributed by atoms with Crippen LogP contribution in [0.4, 0.5) is 57.1 Å². The second-order valence-corrected chi connectivity index (χ2v) is 16.6. The monoisotopic (exact) mass is 760 g/mol. The van der Waals surface area contributed by atoms with Gasteiger partial charge in [0.2, 0.25) is 0 Å². The predicted octanol–water partition coefficient (Wildman–Crippen LogP) is 12.5. The quantitative estimate of drug-likeness (QED) is 0.106. The van der Waals surface area contributed by atoms with Crippen LogP contribution in [0.1, 0.15) is 118 Å². The SMILES string of the molecule is CC(C)CCCC(C)C1CCC2C3CC=C4CC(OC(=O)CCC(F)(F)C(F)(F)C(F)(F)C(F)(F)C(F)(F)C(F)(F)F)CCC4(C)C3CCC12C. The fourth-order valence-electron chi connectivity index (χ4n) is 10.2. The van der Waals surface area contributed by atoms with Crippen molar-refractivity contribution in [2.75, 3.05) is 0 Å². The van der Waals surface area contributed by atoms with E-state index in [1.807, 2.05) is 0 Å². The van der Waals surface area contributed by atoms with Gasteiger partial charge in [-0.3, -0.25) is 4.79 Å². The molecule has 0 aromatic rings. The van der Waals surface area contributed by atoms with Gasteiger partial charge in [-0.2, -0.15) is 57.1 Å². The molecule has 0 amide bonds. The molecule has 0 saturated heterocycles. The van der Waals surface area contributed by atoms with E-state index in [1.54, 1.807) is 0 Å². The molecule has 0 bridgehead atoms. The number of ether oxygens (including phenoxy) is 1. The topological polar surface area (TPSA) is 26.3 Å². The van der Waals surface area contributed by atoms with Crippen LogP contribution in [-0.2, 0) is 9.53 Å². The van der Waals surface area contributed by atoms with E-state index < -0.39 is 60.7 Å². The Bertz CT molecular complexity index is 1290. The fraction of sp³-hybridized carbons (Fsp3) is 0.917. The second kappa shape index (κ2) is 13.9. The minimum Gasteiger partial charge on any atom is -0.462 e. The summed E-state index contributed by atoms with van der Waals surface area (Å²) in [6.45, 7) is 11.5. The molecule has 0 heterocycles. The van der Waals surface area contributed by atoms with E-state index in [0.717, 1.165) is 31.3 Å². The molecule has 4 rings (SSSR count). The highest BCUT2D eigenvalue weighted by atomic mass is 19.4. The summed E-state index contributed by atoms with van der Waals surface area (Å²) in [5.41, 5.74) is 1.03. The highest BCUT2D eigenvalue weighted by Gasteiger charge is 2.90. The van der Waals surface area contributed by atoms with Crippen LogP contribution < -0.4 is 0 Å². The smallest absolute Gasteiger partial charge is 0.460 e. The molecule has 3 fully saturated rings. The molecule has 8 atom stereocenters. The third-order valence-corrected chi connectivity index (χ3v) is 13.2. The molecule has 4 aliphatic carbocycles. The Labute approximate surface area is 290 Å². The van der Waals surface area contributed by atoms with E-state index in [2.05, 4.69) is 40.7 Å². The van der Waals surface area contributed by atoms with Gasteiger partial charge in [0.1, 0.15) is 6.10 Å². The molecule has 2 nitrogen and oxygen atoms in total. The zero-order valence-electron chi connectivity index (χ0n) is 29.5. The third-order valence-electron chi connectivity index (χ3n) is 13.2. The van der Waals surface area contributed by atoms with Crippen molar-refractivity contribution in [3.05, 3.63) is 11.6 Å². The predicted molar refractivity (Wildman–Crippen MR) is 163 cm³/mol. The second-order valence-electron chi connectivity index (χ2n) is 16.6. The maximum Gasteiger partial charge on any atom is 0.460 e. The lowest BCUT2D eigenvalue weighted by Crippen LogP contribution is -2.70. The van der Waals surface area contributed by atoms with Crippen molar-refractivity contribution in [2.24, 2.45) is 46.3 Å². The van der Waals surface area contributed by atoms with Crippen molar-refractivity contribution < 1.29 is 66.6 Å². The Morgan fingerprint density at radius 3 is 1.98 bits per heavy atom. The molecule has 15 heteroatoms. The third kappa shape index (κ3) is 7.04. The molecule has 0 aromatic heterocycles. The lowest BCUT2D eigenvalue weighted by Gasteiger charge is -2.58. The molecule has 0 spiro atoms. The van der Waals surface area contributed by atoms with Gasteiger partial charge < -0.3 is 4.74 Å². The number of fused-ring (bicyclic) bond motifs is 5. The Balaban J connectivity index is 1.37. The number of rotatable bonds is 13. The molecule has 0 N–H and O–H groups in total. The lowest BCUT2D eigenvalue weighted by atomic mass is 9.47. The van der Waals surface area contributed by atoms with E-state index in [4.69, 9.17) is 4.74 Å².